The molecule has 1 aromatic carbocycles. The van der Waals surface area contributed by atoms with Crippen molar-refractivity contribution in [2.24, 2.45) is 5.41 Å². The Hall–Kier alpha value is -1.05. The first-order chi connectivity index (χ1) is 8.98. The molecule has 0 aromatic heterocycles. The molecule has 0 amide bonds. The summed E-state index contributed by atoms with van der Waals surface area (Å²) in [6.07, 6.45) is 0.990. The van der Waals surface area contributed by atoms with E-state index < -0.39 is 0 Å². The summed E-state index contributed by atoms with van der Waals surface area (Å²) in [5.74, 6) is 0.910. The Morgan fingerprint density at radius 3 is 2.79 bits per heavy atom. The predicted octanol–water partition coefficient (Wildman–Crippen LogP) is 3.88. The average molecular weight is 325 g/mol. The van der Waals surface area contributed by atoms with E-state index in [4.69, 9.17) is 10.00 Å². The zero-order valence-corrected chi connectivity index (χ0v) is 13.4. The third kappa shape index (κ3) is 5.63. The second-order valence-corrected chi connectivity index (χ2v) is 6.12. The topological polar surface area (TPSA) is 45.0 Å². The molecule has 4 heteroatoms. The molecule has 0 unspecified atom stereocenters. The van der Waals surface area contributed by atoms with Crippen LogP contribution in [0, 0.1) is 16.7 Å². The van der Waals surface area contributed by atoms with E-state index in [-0.39, 0.29) is 5.41 Å². The Labute approximate surface area is 124 Å². The van der Waals surface area contributed by atoms with E-state index >= 15 is 0 Å². The molecule has 0 bridgehead atoms. The van der Waals surface area contributed by atoms with Gasteiger partial charge in [-0.2, -0.15) is 5.26 Å². The van der Waals surface area contributed by atoms with Crippen molar-refractivity contribution < 1.29 is 4.74 Å². The summed E-state index contributed by atoms with van der Waals surface area (Å²) in [7, 11) is 0. The Morgan fingerprint density at radius 1 is 1.42 bits per heavy atom. The van der Waals surface area contributed by atoms with Gasteiger partial charge in [-0.25, -0.2) is 0 Å². The summed E-state index contributed by atoms with van der Waals surface area (Å²) in [5.41, 5.74) is 0.757. The Kier molecular flexibility index (Phi) is 6.33. The second kappa shape index (κ2) is 7.52. The number of hydrogen-bond acceptors (Lipinski definition) is 3. The minimum Gasteiger partial charge on any atom is -0.493 e. The van der Waals surface area contributed by atoms with Crippen LogP contribution in [0.1, 0.15) is 32.8 Å². The van der Waals surface area contributed by atoms with Crippen LogP contribution in [0.5, 0.6) is 5.75 Å². The van der Waals surface area contributed by atoms with Crippen molar-refractivity contribution in [1.82, 2.24) is 5.32 Å². The molecule has 0 aliphatic rings. The van der Waals surface area contributed by atoms with Gasteiger partial charge >= 0.3 is 0 Å². The Balaban J connectivity index is 2.65. The number of hydrogen-bond donors (Lipinski definition) is 1. The zero-order valence-electron chi connectivity index (χ0n) is 11.8. The fourth-order valence-corrected chi connectivity index (χ4v) is 2.00. The molecule has 0 saturated carbocycles. The monoisotopic (exact) mass is 324 g/mol. The lowest BCUT2D eigenvalue weighted by molar-refractivity contribution is 0.312. The van der Waals surface area contributed by atoms with Crippen LogP contribution in [0.4, 0.5) is 0 Å². The summed E-state index contributed by atoms with van der Waals surface area (Å²) < 4.78 is 6.76. The summed E-state index contributed by atoms with van der Waals surface area (Å²) in [6, 6.07) is 8.30. The molecule has 19 heavy (non-hydrogen) atoms. The summed E-state index contributed by atoms with van der Waals surface area (Å²) in [4.78, 5) is 0. The minimum absolute atomic E-state index is 0.351. The third-order valence-corrected chi connectivity index (χ3v) is 3.16. The van der Waals surface area contributed by atoms with Crippen molar-refractivity contribution in [2.75, 3.05) is 13.2 Å². The van der Waals surface area contributed by atoms with Crippen LogP contribution < -0.4 is 10.1 Å². The molecule has 1 N–H and O–H groups in total. The van der Waals surface area contributed by atoms with Crippen LogP contribution in [0.3, 0.4) is 0 Å². The smallest absolute Gasteiger partial charge is 0.123 e. The van der Waals surface area contributed by atoms with Crippen LogP contribution in [0.15, 0.2) is 22.7 Å². The molecule has 0 heterocycles. The molecule has 0 fully saturated rings. The van der Waals surface area contributed by atoms with Gasteiger partial charge in [0.2, 0.25) is 0 Å². The van der Waals surface area contributed by atoms with Gasteiger partial charge < -0.3 is 10.1 Å². The van der Waals surface area contributed by atoms with Gasteiger partial charge in [0.15, 0.2) is 0 Å². The maximum Gasteiger partial charge on any atom is 0.123 e. The third-order valence-electron chi connectivity index (χ3n) is 2.67. The van der Waals surface area contributed by atoms with E-state index in [9.17, 15) is 0 Å². The minimum atomic E-state index is -0.351. The molecule has 0 radical (unpaired) electrons. The van der Waals surface area contributed by atoms with Gasteiger partial charge in [-0.15, -0.1) is 0 Å². The highest BCUT2D eigenvalue weighted by molar-refractivity contribution is 9.10. The number of benzene rings is 1. The first kappa shape index (κ1) is 16.0. The molecule has 104 valence electrons. The number of rotatable bonds is 7. The number of nitrogens with zero attached hydrogens (tertiary/aromatic N) is 1. The summed E-state index contributed by atoms with van der Waals surface area (Å²) >= 11 is 3.47. The molecule has 0 aliphatic carbocycles. The van der Waals surface area contributed by atoms with Crippen molar-refractivity contribution in [3.63, 3.8) is 0 Å². The standard InChI is InChI=1S/C15H21BrN2O/c1-4-7-19-14-6-5-13(16)8-12(14)9-18-11-15(2,3)10-17/h5-6,8,18H,4,7,9,11H2,1-3H3. The highest BCUT2D eigenvalue weighted by Gasteiger charge is 2.16. The van der Waals surface area contributed by atoms with E-state index in [0.717, 1.165) is 28.8 Å². The van der Waals surface area contributed by atoms with Gasteiger partial charge in [0.05, 0.1) is 18.1 Å². The lowest BCUT2D eigenvalue weighted by Crippen LogP contribution is -2.27. The number of ether oxygens (including phenoxy) is 1. The maximum atomic E-state index is 8.98. The zero-order chi connectivity index (χ0) is 14.3. The normalized spacial score (nSPS) is 11.1. The van der Waals surface area contributed by atoms with Crippen molar-refractivity contribution in [2.45, 2.75) is 33.7 Å². The molecule has 0 spiro atoms. The summed E-state index contributed by atoms with van der Waals surface area (Å²) in [5, 5.41) is 12.3. The van der Waals surface area contributed by atoms with Gasteiger partial charge in [-0.05, 0) is 38.5 Å². The van der Waals surface area contributed by atoms with Gasteiger partial charge in [0.1, 0.15) is 5.75 Å². The molecule has 3 nitrogen and oxygen atoms in total. The van der Waals surface area contributed by atoms with E-state index in [1.54, 1.807) is 0 Å². The number of nitriles is 1. The van der Waals surface area contributed by atoms with Gasteiger partial charge in [0, 0.05) is 23.1 Å². The molecule has 1 aromatic rings. The van der Waals surface area contributed by atoms with Crippen molar-refractivity contribution >= 4 is 15.9 Å². The predicted molar refractivity (Wildman–Crippen MR) is 81.0 cm³/mol. The Bertz CT molecular complexity index is 452. The average Bonchev–Trinajstić information content (AvgIpc) is 2.38. The molecule has 1 rings (SSSR count). The molecule has 0 saturated heterocycles. The Morgan fingerprint density at radius 2 is 2.16 bits per heavy atom. The second-order valence-electron chi connectivity index (χ2n) is 5.20. The molecule has 0 atom stereocenters. The highest BCUT2D eigenvalue weighted by atomic mass is 79.9. The van der Waals surface area contributed by atoms with Crippen LogP contribution in [-0.2, 0) is 6.54 Å². The number of nitrogens with one attached hydrogen (secondary N) is 1. The van der Waals surface area contributed by atoms with Crippen LogP contribution >= 0.6 is 15.9 Å². The van der Waals surface area contributed by atoms with Crippen molar-refractivity contribution in [1.29, 1.82) is 5.26 Å². The molecule has 0 aliphatic heterocycles. The van der Waals surface area contributed by atoms with E-state index in [1.165, 1.54) is 0 Å². The van der Waals surface area contributed by atoms with E-state index in [2.05, 4.69) is 40.3 Å². The molecular formula is C15H21BrN2O. The van der Waals surface area contributed by atoms with Crippen molar-refractivity contribution in [3.8, 4) is 11.8 Å². The van der Waals surface area contributed by atoms with Crippen LogP contribution in [-0.4, -0.2) is 13.2 Å². The van der Waals surface area contributed by atoms with Gasteiger partial charge in [-0.1, -0.05) is 22.9 Å². The fraction of sp³-hybridized carbons (Fsp3) is 0.533. The van der Waals surface area contributed by atoms with E-state index in [1.807, 2.05) is 26.0 Å². The first-order valence-corrected chi connectivity index (χ1v) is 7.31. The van der Waals surface area contributed by atoms with Gasteiger partial charge in [0.25, 0.3) is 0 Å². The fourth-order valence-electron chi connectivity index (χ4n) is 1.59. The molecular weight excluding hydrogens is 304 g/mol. The maximum absolute atomic E-state index is 8.98. The van der Waals surface area contributed by atoms with Crippen LogP contribution in [0.25, 0.3) is 0 Å². The van der Waals surface area contributed by atoms with Gasteiger partial charge in [-0.3, -0.25) is 0 Å². The van der Waals surface area contributed by atoms with Crippen molar-refractivity contribution in [3.05, 3.63) is 28.2 Å². The quantitative estimate of drug-likeness (QED) is 0.827. The lowest BCUT2D eigenvalue weighted by Gasteiger charge is -2.17. The summed E-state index contributed by atoms with van der Waals surface area (Å²) in [6.45, 7) is 8.02. The largest absolute Gasteiger partial charge is 0.493 e. The number of halogens is 1. The first-order valence-electron chi connectivity index (χ1n) is 6.51. The van der Waals surface area contributed by atoms with Crippen LogP contribution in [0.2, 0.25) is 0 Å². The lowest BCUT2D eigenvalue weighted by atomic mass is 9.96. The van der Waals surface area contributed by atoms with E-state index in [0.29, 0.717) is 13.1 Å². The SMILES string of the molecule is CCCOc1ccc(Br)cc1CNCC(C)(C)C#N. The highest BCUT2D eigenvalue weighted by Crippen LogP contribution is 2.23.